The van der Waals surface area contributed by atoms with Crippen molar-refractivity contribution in [1.29, 1.82) is 0 Å². The Labute approximate surface area is 77.9 Å². The van der Waals surface area contributed by atoms with Gasteiger partial charge in [-0.3, -0.25) is 0 Å². The molecule has 72 valence electrons. The topological polar surface area (TPSA) is 48.4 Å². The molecule has 1 fully saturated rings. The van der Waals surface area contributed by atoms with Gasteiger partial charge in [0.1, 0.15) is 5.76 Å². The molecule has 0 bridgehead atoms. The van der Waals surface area contributed by atoms with Crippen LogP contribution >= 0.6 is 0 Å². The van der Waals surface area contributed by atoms with E-state index >= 15 is 0 Å². The normalized spacial score (nSPS) is 26.3. The van der Waals surface area contributed by atoms with Gasteiger partial charge in [0, 0.05) is 18.6 Å². The smallest absolute Gasteiger partial charge is 0.112 e. The summed E-state index contributed by atoms with van der Waals surface area (Å²) < 4.78 is 10.5. The molecule has 2 unspecified atom stereocenters. The van der Waals surface area contributed by atoms with Gasteiger partial charge in [0.25, 0.3) is 0 Å². The van der Waals surface area contributed by atoms with E-state index in [2.05, 4.69) is 0 Å². The molecule has 1 aromatic heterocycles. The lowest BCUT2D eigenvalue weighted by atomic mass is 10.1. The van der Waals surface area contributed by atoms with Crippen LogP contribution < -0.4 is 5.73 Å². The second-order valence-corrected chi connectivity index (χ2v) is 3.58. The lowest BCUT2D eigenvalue weighted by Crippen LogP contribution is -2.02. The van der Waals surface area contributed by atoms with Crippen molar-refractivity contribution in [3.05, 3.63) is 23.7 Å². The van der Waals surface area contributed by atoms with Crippen LogP contribution in [-0.4, -0.2) is 13.7 Å². The summed E-state index contributed by atoms with van der Waals surface area (Å²) in [7, 11) is 1.70. The number of furan rings is 1. The van der Waals surface area contributed by atoms with Crippen molar-refractivity contribution in [3.63, 3.8) is 0 Å². The van der Waals surface area contributed by atoms with Crippen molar-refractivity contribution in [3.8, 4) is 0 Å². The molecule has 1 aromatic rings. The first-order valence-electron chi connectivity index (χ1n) is 4.62. The lowest BCUT2D eigenvalue weighted by Gasteiger charge is -1.99. The molecular formula is C10H15NO2. The summed E-state index contributed by atoms with van der Waals surface area (Å²) in [5.74, 6) is 2.25. The number of hydrogen-bond acceptors (Lipinski definition) is 3. The van der Waals surface area contributed by atoms with Crippen LogP contribution in [0.3, 0.4) is 0 Å². The van der Waals surface area contributed by atoms with Crippen LogP contribution in [0.5, 0.6) is 0 Å². The molecule has 2 rings (SSSR count). The van der Waals surface area contributed by atoms with E-state index in [1.807, 2.05) is 6.07 Å². The highest BCUT2D eigenvalue weighted by molar-refractivity contribution is 5.25. The first kappa shape index (κ1) is 8.78. The third kappa shape index (κ3) is 1.62. The van der Waals surface area contributed by atoms with Crippen molar-refractivity contribution in [1.82, 2.24) is 0 Å². The zero-order valence-corrected chi connectivity index (χ0v) is 7.82. The molecule has 1 aliphatic carbocycles. The van der Waals surface area contributed by atoms with Crippen molar-refractivity contribution >= 4 is 0 Å². The number of ether oxygens (including phenoxy) is 1. The Morgan fingerprint density at radius 2 is 2.54 bits per heavy atom. The van der Waals surface area contributed by atoms with E-state index in [0.29, 0.717) is 18.4 Å². The minimum Gasteiger partial charge on any atom is -0.469 e. The SMILES string of the molecule is COCc1ccoc1C1CC1CN. The summed E-state index contributed by atoms with van der Waals surface area (Å²) in [6.45, 7) is 1.40. The second kappa shape index (κ2) is 3.52. The molecule has 1 saturated carbocycles. The van der Waals surface area contributed by atoms with Crippen molar-refractivity contribution in [2.45, 2.75) is 18.9 Å². The Hall–Kier alpha value is -0.800. The van der Waals surface area contributed by atoms with E-state index in [-0.39, 0.29) is 0 Å². The maximum absolute atomic E-state index is 5.58. The molecule has 0 spiro atoms. The summed E-state index contributed by atoms with van der Waals surface area (Å²) in [6.07, 6.45) is 2.90. The van der Waals surface area contributed by atoms with Gasteiger partial charge in [-0.2, -0.15) is 0 Å². The van der Waals surface area contributed by atoms with Crippen LogP contribution in [-0.2, 0) is 11.3 Å². The van der Waals surface area contributed by atoms with E-state index in [9.17, 15) is 0 Å². The Kier molecular flexibility index (Phi) is 2.38. The summed E-state index contributed by atoms with van der Waals surface area (Å²) in [6, 6.07) is 1.98. The highest BCUT2D eigenvalue weighted by Crippen LogP contribution is 2.48. The molecule has 3 heteroatoms. The maximum Gasteiger partial charge on any atom is 0.112 e. The second-order valence-electron chi connectivity index (χ2n) is 3.58. The Balaban J connectivity index is 2.07. The van der Waals surface area contributed by atoms with Gasteiger partial charge in [0.2, 0.25) is 0 Å². The molecule has 2 N–H and O–H groups in total. The fourth-order valence-corrected chi connectivity index (χ4v) is 1.78. The van der Waals surface area contributed by atoms with Crippen molar-refractivity contribution in [2.75, 3.05) is 13.7 Å². The maximum atomic E-state index is 5.58. The fourth-order valence-electron chi connectivity index (χ4n) is 1.78. The van der Waals surface area contributed by atoms with Crippen molar-refractivity contribution in [2.24, 2.45) is 11.7 Å². The largest absolute Gasteiger partial charge is 0.469 e. The summed E-state index contributed by atoms with van der Waals surface area (Å²) >= 11 is 0. The van der Waals surface area contributed by atoms with Gasteiger partial charge < -0.3 is 14.9 Å². The highest BCUT2D eigenvalue weighted by atomic mass is 16.5. The van der Waals surface area contributed by atoms with Crippen LogP contribution in [0.15, 0.2) is 16.7 Å². The predicted octanol–water partition coefficient (Wildman–Crippen LogP) is 1.49. The molecule has 0 amide bonds. The zero-order valence-electron chi connectivity index (χ0n) is 7.82. The van der Waals surface area contributed by atoms with E-state index < -0.39 is 0 Å². The summed E-state index contributed by atoms with van der Waals surface area (Å²) in [4.78, 5) is 0. The van der Waals surface area contributed by atoms with Gasteiger partial charge in [-0.05, 0) is 24.9 Å². The van der Waals surface area contributed by atoms with Crippen LogP contribution in [0.2, 0.25) is 0 Å². The average Bonchev–Trinajstić information content (AvgIpc) is 2.79. The van der Waals surface area contributed by atoms with E-state index in [0.717, 1.165) is 12.3 Å². The summed E-state index contributed by atoms with van der Waals surface area (Å²) in [5, 5.41) is 0. The third-order valence-electron chi connectivity index (χ3n) is 2.64. The first-order valence-corrected chi connectivity index (χ1v) is 4.62. The number of hydrogen-bond donors (Lipinski definition) is 1. The molecule has 0 aromatic carbocycles. The molecule has 13 heavy (non-hydrogen) atoms. The van der Waals surface area contributed by atoms with Gasteiger partial charge in [0.05, 0.1) is 12.9 Å². The Morgan fingerprint density at radius 1 is 1.69 bits per heavy atom. The van der Waals surface area contributed by atoms with Crippen LogP contribution in [0.1, 0.15) is 23.7 Å². The minimum atomic E-state index is 0.546. The molecule has 0 aliphatic heterocycles. The van der Waals surface area contributed by atoms with Gasteiger partial charge in [-0.25, -0.2) is 0 Å². The summed E-state index contributed by atoms with van der Waals surface area (Å²) in [5.41, 5.74) is 6.75. The molecule has 1 heterocycles. The van der Waals surface area contributed by atoms with Crippen molar-refractivity contribution < 1.29 is 9.15 Å². The number of rotatable bonds is 4. The van der Waals surface area contributed by atoms with Gasteiger partial charge >= 0.3 is 0 Å². The quantitative estimate of drug-likeness (QED) is 0.765. The molecule has 2 atom stereocenters. The highest BCUT2D eigenvalue weighted by Gasteiger charge is 2.40. The molecule has 0 radical (unpaired) electrons. The lowest BCUT2D eigenvalue weighted by molar-refractivity contribution is 0.183. The Bertz CT molecular complexity index is 282. The van der Waals surface area contributed by atoms with E-state index in [1.165, 1.54) is 12.0 Å². The third-order valence-corrected chi connectivity index (χ3v) is 2.64. The van der Waals surface area contributed by atoms with Gasteiger partial charge in [0.15, 0.2) is 0 Å². The zero-order chi connectivity index (χ0) is 9.26. The Morgan fingerprint density at radius 3 is 3.15 bits per heavy atom. The number of methoxy groups -OCH3 is 1. The van der Waals surface area contributed by atoms with Crippen LogP contribution in [0.25, 0.3) is 0 Å². The van der Waals surface area contributed by atoms with Crippen LogP contribution in [0.4, 0.5) is 0 Å². The molecule has 1 aliphatic rings. The fraction of sp³-hybridized carbons (Fsp3) is 0.600. The van der Waals surface area contributed by atoms with E-state index in [4.69, 9.17) is 14.9 Å². The van der Waals surface area contributed by atoms with Gasteiger partial charge in [-0.15, -0.1) is 0 Å². The predicted molar refractivity (Wildman–Crippen MR) is 49.3 cm³/mol. The monoisotopic (exact) mass is 181 g/mol. The molecule has 3 nitrogen and oxygen atoms in total. The molecular weight excluding hydrogens is 166 g/mol. The van der Waals surface area contributed by atoms with Gasteiger partial charge in [-0.1, -0.05) is 0 Å². The van der Waals surface area contributed by atoms with Crippen LogP contribution in [0, 0.1) is 5.92 Å². The molecule has 0 saturated heterocycles. The standard InChI is InChI=1S/C10H15NO2/c1-12-6-7-2-3-13-10(7)9-4-8(9)5-11/h2-3,8-9H,4-6,11H2,1H3. The first-order chi connectivity index (χ1) is 6.36. The minimum absolute atomic E-state index is 0.546. The van der Waals surface area contributed by atoms with E-state index in [1.54, 1.807) is 13.4 Å². The number of nitrogens with two attached hydrogens (primary N) is 1. The average molecular weight is 181 g/mol.